The summed E-state index contributed by atoms with van der Waals surface area (Å²) in [6, 6.07) is 19.6. The van der Waals surface area contributed by atoms with Gasteiger partial charge in [-0.25, -0.2) is 0 Å². The van der Waals surface area contributed by atoms with Crippen molar-refractivity contribution < 1.29 is 23.9 Å². The Kier molecular flexibility index (Phi) is 8.10. The van der Waals surface area contributed by atoms with Crippen LogP contribution < -0.4 is 15.0 Å². The highest BCUT2D eigenvalue weighted by Gasteiger charge is 2.51. The molecule has 3 saturated heterocycles. The number of hydrogen-bond acceptors (Lipinski definition) is 8. The fourth-order valence-corrected chi connectivity index (χ4v) is 8.43. The molecule has 262 valence electrons. The normalized spacial score (nSPS) is 23.0. The highest BCUT2D eigenvalue weighted by Crippen LogP contribution is 2.37. The third kappa shape index (κ3) is 5.81. The molecule has 5 heterocycles. The first-order chi connectivity index (χ1) is 24.5. The molecule has 0 aromatic heterocycles. The van der Waals surface area contributed by atoms with Gasteiger partial charge in [0.05, 0.1) is 23.7 Å². The number of hydrogen-bond donors (Lipinski definition) is 1. The predicted octanol–water partition coefficient (Wildman–Crippen LogP) is 4.29. The van der Waals surface area contributed by atoms with Crippen molar-refractivity contribution >= 4 is 29.3 Å². The largest absolute Gasteiger partial charge is 0.486 e. The van der Waals surface area contributed by atoms with Crippen LogP contribution in [-0.2, 0) is 29.2 Å². The lowest BCUT2D eigenvalue weighted by atomic mass is 9.84. The molecular formula is C40H42N6O5. The van der Waals surface area contributed by atoms with Gasteiger partial charge in [0.2, 0.25) is 11.8 Å². The minimum absolute atomic E-state index is 0.00826. The summed E-state index contributed by atoms with van der Waals surface area (Å²) < 4.78 is 6.23. The fraction of sp³-hybridized carbons (Fsp3) is 0.425. The molecule has 5 aliphatic rings. The minimum Gasteiger partial charge on any atom is -0.486 e. The van der Waals surface area contributed by atoms with Crippen LogP contribution in [0.5, 0.6) is 5.75 Å². The van der Waals surface area contributed by atoms with E-state index in [2.05, 4.69) is 39.4 Å². The SMILES string of the molecule is Cc1cc(O[C@H]2CN(C(=O)c3ccc(N4CCC(N5Cc6cc7c(cc6C5)C(=O)N(C5CCC(=O)NC5=O)C7)CC4)cc3)C2(C)C)ccc1C#N. The van der Waals surface area contributed by atoms with Crippen molar-refractivity contribution in [2.45, 2.75) is 89.8 Å². The molecule has 0 spiro atoms. The summed E-state index contributed by atoms with van der Waals surface area (Å²) in [7, 11) is 0. The molecule has 0 radical (unpaired) electrons. The number of amides is 4. The summed E-state index contributed by atoms with van der Waals surface area (Å²) in [5.74, 6) is -0.0807. The zero-order chi connectivity index (χ0) is 35.6. The number of aryl methyl sites for hydroxylation is 1. The molecule has 2 atom stereocenters. The molecule has 0 aliphatic carbocycles. The molecule has 8 rings (SSSR count). The summed E-state index contributed by atoms with van der Waals surface area (Å²) in [5.41, 5.74) is 6.89. The van der Waals surface area contributed by atoms with E-state index in [-0.39, 0.29) is 36.2 Å². The van der Waals surface area contributed by atoms with E-state index in [1.165, 1.54) is 11.1 Å². The molecule has 11 heteroatoms. The first-order valence-electron chi connectivity index (χ1n) is 17.9. The zero-order valence-corrected chi connectivity index (χ0v) is 29.3. The molecule has 0 saturated carbocycles. The number of ether oxygens (including phenoxy) is 1. The Labute approximate surface area is 297 Å². The maximum atomic E-state index is 13.5. The number of carbonyl (C=O) groups is 4. The van der Waals surface area contributed by atoms with Crippen LogP contribution in [0.2, 0.25) is 0 Å². The second-order valence-corrected chi connectivity index (χ2v) is 15.1. The molecule has 5 aliphatic heterocycles. The van der Waals surface area contributed by atoms with Crippen molar-refractivity contribution in [3.63, 3.8) is 0 Å². The van der Waals surface area contributed by atoms with E-state index in [0.717, 1.165) is 55.8 Å². The highest BCUT2D eigenvalue weighted by atomic mass is 16.5. The zero-order valence-electron chi connectivity index (χ0n) is 29.3. The van der Waals surface area contributed by atoms with Gasteiger partial charge in [-0.3, -0.25) is 29.4 Å². The number of fused-ring (bicyclic) bond motifs is 2. The van der Waals surface area contributed by atoms with Gasteiger partial charge >= 0.3 is 0 Å². The van der Waals surface area contributed by atoms with Gasteiger partial charge in [0.15, 0.2) is 0 Å². The third-order valence-corrected chi connectivity index (χ3v) is 11.7. The van der Waals surface area contributed by atoms with E-state index < -0.39 is 11.6 Å². The van der Waals surface area contributed by atoms with Crippen LogP contribution in [0.15, 0.2) is 54.6 Å². The van der Waals surface area contributed by atoms with Crippen LogP contribution in [0, 0.1) is 18.3 Å². The Balaban J connectivity index is 0.837. The molecule has 1 unspecified atom stereocenters. The van der Waals surface area contributed by atoms with E-state index in [0.29, 0.717) is 48.0 Å². The van der Waals surface area contributed by atoms with Gasteiger partial charge in [0.25, 0.3) is 11.8 Å². The summed E-state index contributed by atoms with van der Waals surface area (Å²) in [4.78, 5) is 59.3. The topological polar surface area (TPSA) is 126 Å². The Morgan fingerprint density at radius 3 is 2.31 bits per heavy atom. The van der Waals surface area contributed by atoms with E-state index in [1.54, 1.807) is 11.0 Å². The van der Waals surface area contributed by atoms with Gasteiger partial charge in [-0.1, -0.05) is 6.07 Å². The average Bonchev–Trinajstić information content (AvgIpc) is 3.68. The maximum Gasteiger partial charge on any atom is 0.255 e. The lowest BCUT2D eigenvalue weighted by molar-refractivity contribution is -0.136. The van der Waals surface area contributed by atoms with Crippen LogP contribution in [0.1, 0.15) is 88.1 Å². The monoisotopic (exact) mass is 686 g/mol. The number of likely N-dealkylation sites (tertiary alicyclic amines) is 1. The number of nitriles is 1. The second-order valence-electron chi connectivity index (χ2n) is 15.1. The van der Waals surface area contributed by atoms with Gasteiger partial charge in [-0.2, -0.15) is 5.26 Å². The Hall–Kier alpha value is -5.21. The second kappa shape index (κ2) is 12.5. The number of anilines is 1. The Morgan fingerprint density at radius 2 is 1.65 bits per heavy atom. The van der Waals surface area contributed by atoms with E-state index in [1.807, 2.05) is 56.0 Å². The van der Waals surface area contributed by atoms with E-state index >= 15 is 0 Å². The first kappa shape index (κ1) is 33.0. The molecule has 11 nitrogen and oxygen atoms in total. The fourth-order valence-electron chi connectivity index (χ4n) is 8.43. The summed E-state index contributed by atoms with van der Waals surface area (Å²) in [5, 5.41) is 11.6. The molecule has 3 aromatic carbocycles. The molecular weight excluding hydrogens is 644 g/mol. The minimum atomic E-state index is -0.595. The predicted molar refractivity (Wildman–Crippen MR) is 189 cm³/mol. The van der Waals surface area contributed by atoms with Gasteiger partial charge in [0, 0.05) is 62.0 Å². The first-order valence-corrected chi connectivity index (χ1v) is 17.9. The number of imide groups is 1. The summed E-state index contributed by atoms with van der Waals surface area (Å²) in [6.45, 7) is 10.4. The van der Waals surface area contributed by atoms with Crippen molar-refractivity contribution in [3.05, 3.63) is 93.5 Å². The number of rotatable bonds is 6. The lowest BCUT2D eigenvalue weighted by Gasteiger charge is -2.54. The van der Waals surface area contributed by atoms with Crippen LogP contribution >= 0.6 is 0 Å². The van der Waals surface area contributed by atoms with Gasteiger partial charge in [-0.15, -0.1) is 0 Å². The number of benzene rings is 3. The molecule has 1 N–H and O–H groups in total. The Morgan fingerprint density at radius 1 is 0.922 bits per heavy atom. The average molecular weight is 687 g/mol. The molecule has 0 bridgehead atoms. The van der Waals surface area contributed by atoms with Gasteiger partial charge in [0.1, 0.15) is 17.9 Å². The van der Waals surface area contributed by atoms with Crippen LogP contribution in [-0.4, -0.2) is 81.7 Å². The smallest absolute Gasteiger partial charge is 0.255 e. The lowest BCUT2D eigenvalue weighted by Crippen LogP contribution is -2.71. The standard InChI is InChI=1S/C40H42N6O5/c1-24-16-32(9-6-26(24)19-41)51-35-23-46(40(35,2)3)38(49)25-4-7-30(8-5-25)43-14-12-31(13-15-43)44-20-27-17-29-22-45(34-10-11-36(47)42-37(34)48)39(50)33(29)18-28(27)21-44/h4-9,16-18,31,34-35H,10-15,20-23H2,1-3H3,(H,42,47,48)/t34?,35-/m0/s1. The Bertz CT molecular complexity index is 1990. The summed E-state index contributed by atoms with van der Waals surface area (Å²) >= 11 is 0. The molecule has 4 amide bonds. The number of nitrogens with zero attached hydrogens (tertiary/aromatic N) is 5. The third-order valence-electron chi connectivity index (χ3n) is 11.7. The number of carbonyl (C=O) groups excluding carboxylic acids is 4. The van der Waals surface area contributed by atoms with Crippen molar-refractivity contribution in [2.24, 2.45) is 0 Å². The van der Waals surface area contributed by atoms with Crippen LogP contribution in [0.3, 0.4) is 0 Å². The van der Waals surface area contributed by atoms with Crippen molar-refractivity contribution in [1.29, 1.82) is 5.26 Å². The van der Waals surface area contributed by atoms with E-state index in [4.69, 9.17) is 4.74 Å². The van der Waals surface area contributed by atoms with Crippen molar-refractivity contribution in [3.8, 4) is 11.8 Å². The van der Waals surface area contributed by atoms with E-state index in [9.17, 15) is 24.4 Å². The van der Waals surface area contributed by atoms with Crippen molar-refractivity contribution in [2.75, 3.05) is 24.5 Å². The van der Waals surface area contributed by atoms with Gasteiger partial charge in [-0.05, 0) is 111 Å². The quantitative estimate of drug-likeness (QED) is 0.381. The highest BCUT2D eigenvalue weighted by molar-refractivity contribution is 6.05. The summed E-state index contributed by atoms with van der Waals surface area (Å²) in [6.07, 6.45) is 2.53. The number of nitrogens with one attached hydrogen (secondary N) is 1. The molecule has 51 heavy (non-hydrogen) atoms. The number of piperidine rings is 2. The maximum absolute atomic E-state index is 13.5. The van der Waals surface area contributed by atoms with Crippen LogP contribution in [0.25, 0.3) is 0 Å². The molecule has 3 aromatic rings. The molecule has 3 fully saturated rings. The van der Waals surface area contributed by atoms with Crippen molar-refractivity contribution in [1.82, 2.24) is 20.0 Å². The van der Waals surface area contributed by atoms with Crippen LogP contribution in [0.4, 0.5) is 5.69 Å². The van der Waals surface area contributed by atoms with Gasteiger partial charge < -0.3 is 19.4 Å².